The minimum absolute atomic E-state index is 0.142. The molecule has 0 spiro atoms. The molecule has 0 amide bonds. The second-order valence-electron chi connectivity index (χ2n) is 5.55. The fourth-order valence-electron chi connectivity index (χ4n) is 2.49. The molecule has 3 rings (SSSR count). The summed E-state index contributed by atoms with van der Waals surface area (Å²) in [5, 5.41) is 7.52. The third-order valence-electron chi connectivity index (χ3n) is 3.45. The number of benzene rings is 1. The van der Waals surface area contributed by atoms with Gasteiger partial charge in [-0.3, -0.25) is 0 Å². The molecule has 0 saturated heterocycles. The van der Waals surface area contributed by atoms with E-state index >= 15 is 0 Å². The summed E-state index contributed by atoms with van der Waals surface area (Å²) in [6, 6.07) is 8.64. The number of rotatable bonds is 3. The van der Waals surface area contributed by atoms with Gasteiger partial charge in [-0.2, -0.15) is 4.98 Å². The van der Waals surface area contributed by atoms with Crippen LogP contribution >= 0.6 is 0 Å². The molecule has 1 atom stereocenters. The summed E-state index contributed by atoms with van der Waals surface area (Å²) in [7, 11) is 0. The van der Waals surface area contributed by atoms with Crippen molar-refractivity contribution in [3.8, 4) is 0 Å². The molecule has 0 radical (unpaired) electrons. The summed E-state index contributed by atoms with van der Waals surface area (Å²) in [6.45, 7) is 5.18. The zero-order valence-electron chi connectivity index (χ0n) is 11.4. The Balaban J connectivity index is 1.76. The van der Waals surface area contributed by atoms with Crippen molar-refractivity contribution < 1.29 is 4.52 Å². The van der Waals surface area contributed by atoms with E-state index in [0.717, 1.165) is 25.2 Å². The third kappa shape index (κ3) is 2.68. The van der Waals surface area contributed by atoms with Gasteiger partial charge in [0.1, 0.15) is 0 Å². The van der Waals surface area contributed by atoms with Gasteiger partial charge in [0.2, 0.25) is 5.89 Å². The molecule has 0 aliphatic carbocycles. The van der Waals surface area contributed by atoms with E-state index in [-0.39, 0.29) is 6.04 Å². The molecule has 2 aromatic rings. The molecule has 2 heterocycles. The van der Waals surface area contributed by atoms with E-state index in [1.54, 1.807) is 0 Å². The van der Waals surface area contributed by atoms with Crippen LogP contribution in [0.3, 0.4) is 0 Å². The smallest absolute Gasteiger partial charge is 0.244 e. The summed E-state index contributed by atoms with van der Waals surface area (Å²) in [6.07, 6.45) is 1.78. The van der Waals surface area contributed by atoms with E-state index in [0.29, 0.717) is 11.8 Å². The highest BCUT2D eigenvalue weighted by molar-refractivity contribution is 5.30. The molecule has 4 nitrogen and oxygen atoms in total. The Morgan fingerprint density at radius 2 is 2.11 bits per heavy atom. The van der Waals surface area contributed by atoms with Crippen molar-refractivity contribution in [3.63, 3.8) is 0 Å². The summed E-state index contributed by atoms with van der Waals surface area (Å²) in [5.74, 6) is 2.07. The quantitative estimate of drug-likeness (QED) is 0.918. The van der Waals surface area contributed by atoms with E-state index in [2.05, 4.69) is 53.6 Å². The van der Waals surface area contributed by atoms with Crippen LogP contribution in [-0.4, -0.2) is 10.1 Å². The van der Waals surface area contributed by atoms with E-state index in [1.165, 1.54) is 11.1 Å². The normalized spacial score (nSPS) is 18.6. The van der Waals surface area contributed by atoms with Crippen LogP contribution in [0.2, 0.25) is 0 Å². The number of nitrogens with zero attached hydrogens (tertiary/aromatic N) is 2. The lowest BCUT2D eigenvalue weighted by Crippen LogP contribution is -2.28. The van der Waals surface area contributed by atoms with Gasteiger partial charge >= 0.3 is 0 Å². The molecule has 1 N–H and O–H groups in total. The Morgan fingerprint density at radius 3 is 2.89 bits per heavy atom. The molecule has 1 aromatic carbocycles. The second-order valence-corrected chi connectivity index (χ2v) is 5.55. The van der Waals surface area contributed by atoms with Gasteiger partial charge in [0.15, 0.2) is 5.82 Å². The predicted octanol–water partition coefficient (Wildman–Crippen LogP) is 2.66. The topological polar surface area (TPSA) is 51.0 Å². The largest absolute Gasteiger partial charge is 0.338 e. The average Bonchev–Trinajstić information content (AvgIpc) is 2.86. The minimum Gasteiger partial charge on any atom is -0.338 e. The van der Waals surface area contributed by atoms with Crippen LogP contribution in [0.15, 0.2) is 28.8 Å². The van der Waals surface area contributed by atoms with Crippen molar-refractivity contribution >= 4 is 0 Å². The van der Waals surface area contributed by atoms with E-state index in [4.69, 9.17) is 4.52 Å². The van der Waals surface area contributed by atoms with Crippen molar-refractivity contribution in [1.82, 2.24) is 15.5 Å². The number of hydrogen-bond donors (Lipinski definition) is 1. The minimum atomic E-state index is 0.142. The first kappa shape index (κ1) is 12.4. The molecule has 1 aromatic heterocycles. The molecule has 0 fully saturated rings. The SMILES string of the molecule is CC(C)Cc1noc(C2Cc3ccccc3CN2)n1. The van der Waals surface area contributed by atoms with Crippen LogP contribution in [0.5, 0.6) is 0 Å². The lowest BCUT2D eigenvalue weighted by Gasteiger charge is -2.23. The summed E-state index contributed by atoms with van der Waals surface area (Å²) in [5.41, 5.74) is 2.73. The van der Waals surface area contributed by atoms with E-state index in [1.807, 2.05) is 0 Å². The van der Waals surface area contributed by atoms with E-state index < -0.39 is 0 Å². The standard InChI is InChI=1S/C15H19N3O/c1-10(2)7-14-17-15(19-18-14)13-8-11-5-3-4-6-12(11)9-16-13/h3-6,10,13,16H,7-9H2,1-2H3. The summed E-state index contributed by atoms with van der Waals surface area (Å²) < 4.78 is 5.40. The van der Waals surface area contributed by atoms with E-state index in [9.17, 15) is 0 Å². The molecule has 1 unspecified atom stereocenters. The highest BCUT2D eigenvalue weighted by Crippen LogP contribution is 2.24. The Labute approximate surface area is 113 Å². The van der Waals surface area contributed by atoms with Crippen LogP contribution < -0.4 is 5.32 Å². The van der Waals surface area contributed by atoms with Crippen LogP contribution in [0.4, 0.5) is 0 Å². The Bertz CT molecular complexity index is 562. The van der Waals surface area contributed by atoms with Gasteiger partial charge in [-0.1, -0.05) is 43.3 Å². The number of fused-ring (bicyclic) bond motifs is 1. The number of aromatic nitrogens is 2. The van der Waals surface area contributed by atoms with Crippen molar-refractivity contribution in [1.29, 1.82) is 0 Å². The molecule has 4 heteroatoms. The Morgan fingerprint density at radius 1 is 1.32 bits per heavy atom. The maximum Gasteiger partial charge on any atom is 0.244 e. The van der Waals surface area contributed by atoms with Crippen LogP contribution in [-0.2, 0) is 19.4 Å². The molecular formula is C15H19N3O. The Hall–Kier alpha value is -1.68. The maximum absolute atomic E-state index is 5.40. The van der Waals surface area contributed by atoms with Gasteiger partial charge in [-0.05, 0) is 23.5 Å². The maximum atomic E-state index is 5.40. The molecule has 100 valence electrons. The monoisotopic (exact) mass is 257 g/mol. The lowest BCUT2D eigenvalue weighted by molar-refractivity contribution is 0.318. The average molecular weight is 257 g/mol. The molecular weight excluding hydrogens is 238 g/mol. The van der Waals surface area contributed by atoms with Gasteiger partial charge in [-0.25, -0.2) is 0 Å². The first-order valence-corrected chi connectivity index (χ1v) is 6.85. The summed E-state index contributed by atoms with van der Waals surface area (Å²) in [4.78, 5) is 4.51. The zero-order chi connectivity index (χ0) is 13.2. The first-order chi connectivity index (χ1) is 9.22. The van der Waals surface area contributed by atoms with Crippen LogP contribution in [0.1, 0.15) is 42.7 Å². The molecule has 1 aliphatic rings. The van der Waals surface area contributed by atoms with Gasteiger partial charge in [-0.15, -0.1) is 0 Å². The molecule has 0 bridgehead atoms. The Kier molecular flexibility index (Phi) is 3.34. The third-order valence-corrected chi connectivity index (χ3v) is 3.45. The highest BCUT2D eigenvalue weighted by atomic mass is 16.5. The number of hydrogen-bond acceptors (Lipinski definition) is 4. The predicted molar refractivity (Wildman–Crippen MR) is 72.6 cm³/mol. The number of nitrogens with one attached hydrogen (secondary N) is 1. The summed E-state index contributed by atoms with van der Waals surface area (Å²) >= 11 is 0. The molecule has 0 saturated carbocycles. The fourth-order valence-corrected chi connectivity index (χ4v) is 2.49. The lowest BCUT2D eigenvalue weighted by atomic mass is 9.96. The van der Waals surface area contributed by atoms with Gasteiger partial charge in [0, 0.05) is 13.0 Å². The molecule has 19 heavy (non-hydrogen) atoms. The van der Waals surface area contributed by atoms with Crippen molar-refractivity contribution in [2.45, 2.75) is 39.3 Å². The highest BCUT2D eigenvalue weighted by Gasteiger charge is 2.24. The zero-order valence-corrected chi connectivity index (χ0v) is 11.4. The van der Waals surface area contributed by atoms with Gasteiger partial charge in [0.05, 0.1) is 6.04 Å². The first-order valence-electron chi connectivity index (χ1n) is 6.85. The van der Waals surface area contributed by atoms with Crippen LogP contribution in [0, 0.1) is 5.92 Å². The second kappa shape index (κ2) is 5.13. The van der Waals surface area contributed by atoms with Crippen LogP contribution in [0.25, 0.3) is 0 Å². The van der Waals surface area contributed by atoms with Gasteiger partial charge < -0.3 is 9.84 Å². The van der Waals surface area contributed by atoms with Crippen molar-refractivity contribution in [2.24, 2.45) is 5.92 Å². The fraction of sp³-hybridized carbons (Fsp3) is 0.467. The molecule has 1 aliphatic heterocycles. The van der Waals surface area contributed by atoms with Crippen molar-refractivity contribution in [2.75, 3.05) is 0 Å². The van der Waals surface area contributed by atoms with Crippen molar-refractivity contribution in [3.05, 3.63) is 47.1 Å². The van der Waals surface area contributed by atoms with Gasteiger partial charge in [0.25, 0.3) is 0 Å².